The summed E-state index contributed by atoms with van der Waals surface area (Å²) in [7, 11) is 0. The lowest BCUT2D eigenvalue weighted by Gasteiger charge is -2.04. The smallest absolute Gasteiger partial charge is 0.178 e. The van der Waals surface area contributed by atoms with Crippen molar-refractivity contribution < 1.29 is 0 Å². The van der Waals surface area contributed by atoms with Crippen LogP contribution in [0.5, 0.6) is 0 Å². The van der Waals surface area contributed by atoms with Crippen molar-refractivity contribution in [3.05, 3.63) is 47.7 Å². The van der Waals surface area contributed by atoms with Crippen molar-refractivity contribution in [3.63, 3.8) is 0 Å². The first-order valence-corrected chi connectivity index (χ1v) is 8.64. The molecule has 1 aromatic carbocycles. The van der Waals surface area contributed by atoms with Gasteiger partial charge in [0, 0.05) is 11.4 Å². The largest absolute Gasteiger partial charge is 0.331 e. The van der Waals surface area contributed by atoms with Gasteiger partial charge in [0.15, 0.2) is 4.77 Å². The second kappa shape index (κ2) is 5.81. The van der Waals surface area contributed by atoms with Gasteiger partial charge in [0.1, 0.15) is 0 Å². The van der Waals surface area contributed by atoms with Crippen LogP contribution < -0.4 is 0 Å². The van der Waals surface area contributed by atoms with E-state index in [-0.39, 0.29) is 0 Å². The van der Waals surface area contributed by atoms with E-state index in [1.165, 1.54) is 4.88 Å². The van der Waals surface area contributed by atoms with E-state index in [4.69, 9.17) is 35.4 Å². The normalized spacial score (nSPS) is 11.3. The molecule has 3 rings (SSSR count). The maximum atomic E-state index is 6.09. The Labute approximate surface area is 143 Å². The lowest BCUT2D eigenvalue weighted by molar-refractivity contribution is 0.712. The Kier molecular flexibility index (Phi) is 4.24. The van der Waals surface area contributed by atoms with Gasteiger partial charge in [-0.05, 0) is 58.8 Å². The van der Waals surface area contributed by atoms with E-state index >= 15 is 0 Å². The van der Waals surface area contributed by atoms with E-state index < -0.39 is 0 Å². The van der Waals surface area contributed by atoms with E-state index in [0.717, 1.165) is 27.8 Å². The molecule has 0 aliphatic heterocycles. The number of imidazole rings is 1. The highest BCUT2D eigenvalue weighted by molar-refractivity contribution is 9.11. The van der Waals surface area contributed by atoms with Gasteiger partial charge in [0.2, 0.25) is 0 Å². The molecule has 0 aliphatic carbocycles. The number of fused-ring (bicyclic) bond motifs is 1. The molecule has 0 radical (unpaired) electrons. The molecular formula is C13H9BrCl2N2S2. The molecule has 0 fully saturated rings. The highest BCUT2D eigenvalue weighted by Gasteiger charge is 2.08. The number of halogens is 3. The van der Waals surface area contributed by atoms with Crippen molar-refractivity contribution in [2.24, 2.45) is 0 Å². The number of nitrogens with one attached hydrogen (secondary N) is 1. The average molecular weight is 408 g/mol. The summed E-state index contributed by atoms with van der Waals surface area (Å²) in [5.41, 5.74) is 1.90. The van der Waals surface area contributed by atoms with Crippen LogP contribution in [-0.4, -0.2) is 9.55 Å². The van der Waals surface area contributed by atoms with Gasteiger partial charge in [-0.1, -0.05) is 23.2 Å². The number of hydrogen-bond donors (Lipinski definition) is 1. The summed E-state index contributed by atoms with van der Waals surface area (Å²) in [4.78, 5) is 4.48. The summed E-state index contributed by atoms with van der Waals surface area (Å²) in [5, 5.41) is 1.07. The topological polar surface area (TPSA) is 20.7 Å². The minimum atomic E-state index is 0.532. The lowest BCUT2D eigenvalue weighted by atomic mass is 10.3. The van der Waals surface area contributed by atoms with Crippen molar-refractivity contribution in [3.8, 4) is 0 Å². The van der Waals surface area contributed by atoms with Crippen LogP contribution in [0.2, 0.25) is 10.0 Å². The number of hydrogen-bond acceptors (Lipinski definition) is 2. The monoisotopic (exact) mass is 406 g/mol. The number of nitrogens with zero attached hydrogens (tertiary/aromatic N) is 1. The fraction of sp³-hybridized carbons (Fsp3) is 0.154. The molecule has 0 aliphatic rings. The van der Waals surface area contributed by atoms with Crippen LogP contribution in [-0.2, 0) is 13.0 Å². The molecule has 7 heteroatoms. The molecular weight excluding hydrogens is 399 g/mol. The lowest BCUT2D eigenvalue weighted by Crippen LogP contribution is -2.00. The third-order valence-corrected chi connectivity index (χ3v) is 5.75. The van der Waals surface area contributed by atoms with Gasteiger partial charge in [-0.15, -0.1) is 11.3 Å². The van der Waals surface area contributed by atoms with E-state index in [1.807, 2.05) is 12.1 Å². The van der Waals surface area contributed by atoms with E-state index in [1.54, 1.807) is 11.3 Å². The van der Waals surface area contributed by atoms with E-state index in [9.17, 15) is 0 Å². The predicted molar refractivity (Wildman–Crippen MR) is 92.9 cm³/mol. The van der Waals surface area contributed by atoms with E-state index in [2.05, 4.69) is 37.6 Å². The molecule has 0 amide bonds. The number of rotatable bonds is 3. The average Bonchev–Trinajstić information content (AvgIpc) is 2.92. The molecule has 2 heterocycles. The molecule has 0 atom stereocenters. The number of H-pyrrole nitrogens is 1. The standard InChI is InChI=1S/C13H9BrCl2N2S2/c14-12-2-1-7(20-12)3-4-18-11-6-9(16)8(15)5-10(11)17-13(18)19/h1-2,5-6H,3-4H2,(H,17,19). The van der Waals surface area contributed by atoms with Crippen LogP contribution in [0.4, 0.5) is 0 Å². The van der Waals surface area contributed by atoms with Crippen molar-refractivity contribution in [2.45, 2.75) is 13.0 Å². The van der Waals surface area contributed by atoms with Crippen molar-refractivity contribution >= 4 is 73.7 Å². The predicted octanol–water partition coefficient (Wildman–Crippen LogP) is 6.07. The first kappa shape index (κ1) is 14.6. The van der Waals surface area contributed by atoms with Crippen LogP contribution in [0.15, 0.2) is 28.1 Å². The van der Waals surface area contributed by atoms with Crippen molar-refractivity contribution in [1.82, 2.24) is 9.55 Å². The zero-order valence-corrected chi connectivity index (χ0v) is 14.9. The van der Waals surface area contributed by atoms with Crippen LogP contribution in [0.1, 0.15) is 4.88 Å². The first-order chi connectivity index (χ1) is 9.54. The van der Waals surface area contributed by atoms with Crippen LogP contribution in [0.3, 0.4) is 0 Å². The highest BCUT2D eigenvalue weighted by atomic mass is 79.9. The fourth-order valence-electron chi connectivity index (χ4n) is 2.08. The number of aromatic amines is 1. The van der Waals surface area contributed by atoms with Gasteiger partial charge >= 0.3 is 0 Å². The molecule has 0 bridgehead atoms. The second-order valence-electron chi connectivity index (χ2n) is 4.32. The zero-order chi connectivity index (χ0) is 14.3. The molecule has 20 heavy (non-hydrogen) atoms. The number of aromatic nitrogens is 2. The second-order valence-corrected chi connectivity index (χ2v) is 8.07. The van der Waals surface area contributed by atoms with Gasteiger partial charge in [0.25, 0.3) is 0 Å². The Bertz CT molecular complexity index is 835. The third-order valence-electron chi connectivity index (χ3n) is 3.03. The summed E-state index contributed by atoms with van der Waals surface area (Å²) < 4.78 is 3.89. The van der Waals surface area contributed by atoms with Gasteiger partial charge in [-0.25, -0.2) is 0 Å². The van der Waals surface area contributed by atoms with Crippen molar-refractivity contribution in [2.75, 3.05) is 0 Å². The molecule has 0 saturated heterocycles. The minimum Gasteiger partial charge on any atom is -0.331 e. The van der Waals surface area contributed by atoms with Crippen LogP contribution in [0.25, 0.3) is 11.0 Å². The number of benzene rings is 1. The Morgan fingerprint density at radius 3 is 2.70 bits per heavy atom. The SMILES string of the molecule is S=c1[nH]c2cc(Cl)c(Cl)cc2n1CCc1ccc(Br)s1. The van der Waals surface area contributed by atoms with Crippen LogP contribution in [0, 0.1) is 4.77 Å². The number of aryl methyl sites for hydroxylation is 2. The van der Waals surface area contributed by atoms with Crippen molar-refractivity contribution in [1.29, 1.82) is 0 Å². The number of thiophene rings is 1. The third kappa shape index (κ3) is 2.83. The van der Waals surface area contributed by atoms with Gasteiger partial charge < -0.3 is 9.55 Å². The fourth-order valence-corrected chi connectivity index (χ4v) is 4.18. The molecule has 1 N–H and O–H groups in total. The summed E-state index contributed by atoms with van der Waals surface area (Å²) in [6.07, 6.45) is 0.928. The van der Waals surface area contributed by atoms with Gasteiger partial charge in [0.05, 0.1) is 24.9 Å². The molecule has 3 aromatic rings. The zero-order valence-electron chi connectivity index (χ0n) is 10.1. The summed E-state index contributed by atoms with van der Waals surface area (Å²) >= 11 is 22.7. The Balaban J connectivity index is 1.96. The molecule has 104 valence electrons. The quantitative estimate of drug-likeness (QED) is 0.522. The maximum absolute atomic E-state index is 6.09. The first-order valence-electron chi connectivity index (χ1n) is 5.86. The molecule has 2 aromatic heterocycles. The maximum Gasteiger partial charge on any atom is 0.178 e. The molecule has 0 spiro atoms. The Hall–Kier alpha value is -0.330. The highest BCUT2D eigenvalue weighted by Crippen LogP contribution is 2.28. The molecule has 0 saturated carbocycles. The molecule has 2 nitrogen and oxygen atoms in total. The summed E-state index contributed by atoms with van der Waals surface area (Å²) in [6, 6.07) is 7.85. The summed E-state index contributed by atoms with van der Waals surface area (Å²) in [5.74, 6) is 0. The Morgan fingerprint density at radius 2 is 2.00 bits per heavy atom. The molecule has 0 unspecified atom stereocenters. The van der Waals surface area contributed by atoms with Crippen LogP contribution >= 0.6 is 62.7 Å². The van der Waals surface area contributed by atoms with Gasteiger partial charge in [-0.2, -0.15) is 0 Å². The van der Waals surface area contributed by atoms with E-state index in [0.29, 0.717) is 14.8 Å². The summed E-state index contributed by atoms with van der Waals surface area (Å²) in [6.45, 7) is 0.809. The van der Waals surface area contributed by atoms with Gasteiger partial charge in [-0.3, -0.25) is 0 Å². The Morgan fingerprint density at radius 1 is 1.25 bits per heavy atom. The minimum absolute atomic E-state index is 0.532.